The molecule has 4 atom stereocenters. The predicted octanol–water partition coefficient (Wildman–Crippen LogP) is -0.714. The fourth-order valence-corrected chi connectivity index (χ4v) is 4.38. The third kappa shape index (κ3) is 2.91. The molecule has 27 heavy (non-hydrogen) atoms. The molecule has 0 radical (unpaired) electrons. The molecule has 3 aliphatic heterocycles. The summed E-state index contributed by atoms with van der Waals surface area (Å²) < 4.78 is 6.10. The molecule has 1 spiro atoms. The normalized spacial score (nSPS) is 30.7. The minimum atomic E-state index is -0.729. The molecular formula is C18H23N5O4. The summed E-state index contributed by atoms with van der Waals surface area (Å²) >= 11 is 0. The number of nitrogens with one attached hydrogen (secondary N) is 2. The van der Waals surface area contributed by atoms with Gasteiger partial charge >= 0.3 is 0 Å². The van der Waals surface area contributed by atoms with Crippen LogP contribution < -0.4 is 5.32 Å². The Morgan fingerprint density at radius 2 is 2.33 bits per heavy atom. The van der Waals surface area contributed by atoms with Gasteiger partial charge in [0.1, 0.15) is 5.60 Å². The van der Waals surface area contributed by atoms with Crippen molar-refractivity contribution in [2.45, 2.75) is 25.2 Å². The fourth-order valence-electron chi connectivity index (χ4n) is 4.38. The lowest BCUT2D eigenvalue weighted by Crippen LogP contribution is -2.44. The van der Waals surface area contributed by atoms with E-state index in [9.17, 15) is 14.4 Å². The molecule has 3 amide bonds. The van der Waals surface area contributed by atoms with E-state index in [0.717, 1.165) is 5.69 Å². The van der Waals surface area contributed by atoms with Crippen molar-refractivity contribution in [3.05, 3.63) is 30.1 Å². The Kier molecular flexibility index (Phi) is 4.26. The number of carbonyl (C=O) groups is 3. The van der Waals surface area contributed by atoms with Gasteiger partial charge in [0.2, 0.25) is 17.7 Å². The van der Waals surface area contributed by atoms with Crippen molar-refractivity contribution in [2.75, 3.05) is 26.7 Å². The van der Waals surface area contributed by atoms with E-state index in [1.54, 1.807) is 23.0 Å². The second-order valence-electron chi connectivity index (χ2n) is 7.42. The smallest absolute Gasteiger partial charge is 0.230 e. The number of nitrogens with zero attached hydrogens (tertiary/aromatic N) is 3. The monoisotopic (exact) mass is 373 g/mol. The summed E-state index contributed by atoms with van der Waals surface area (Å²) in [5.41, 5.74) is 0.0995. The standard InChI is InChI=1S/C18H23N5O4/c1-11(24)19-7-8-23-10-18-5-3-13(27-18)14(15(18)17(23)26)16(25)22(2)9-12-4-6-20-21-12/h3-6,13-15H,7-10H2,1-2H3,(H,19,24)(H,20,21)/t13-,14?,15?,18-/m1/s1. The van der Waals surface area contributed by atoms with E-state index in [2.05, 4.69) is 15.5 Å². The molecule has 2 saturated heterocycles. The second-order valence-corrected chi connectivity index (χ2v) is 7.42. The SMILES string of the molecule is CC(=O)NCCN1C[C@@]23C=C[C@@H](O2)C(C(=O)N(C)Cc2ccn[nH]2)C3C1=O. The highest BCUT2D eigenvalue weighted by atomic mass is 16.5. The van der Waals surface area contributed by atoms with Gasteiger partial charge in [0.25, 0.3) is 0 Å². The van der Waals surface area contributed by atoms with Crippen LogP contribution in [0, 0.1) is 11.8 Å². The maximum absolute atomic E-state index is 13.1. The molecule has 2 N–H and O–H groups in total. The van der Waals surface area contributed by atoms with Crippen LogP contribution in [0.3, 0.4) is 0 Å². The van der Waals surface area contributed by atoms with Crippen molar-refractivity contribution in [3.63, 3.8) is 0 Å². The third-order valence-corrected chi connectivity index (χ3v) is 5.56. The minimum Gasteiger partial charge on any atom is -0.360 e. The van der Waals surface area contributed by atoms with Gasteiger partial charge in [0.05, 0.1) is 36.7 Å². The molecule has 1 aromatic rings. The maximum atomic E-state index is 13.1. The topological polar surface area (TPSA) is 108 Å². The summed E-state index contributed by atoms with van der Waals surface area (Å²) in [6.45, 7) is 3.04. The van der Waals surface area contributed by atoms with Crippen LogP contribution in [-0.4, -0.2) is 76.1 Å². The van der Waals surface area contributed by atoms with Crippen LogP contribution in [-0.2, 0) is 25.7 Å². The molecule has 4 heterocycles. The van der Waals surface area contributed by atoms with Crippen LogP contribution in [0.15, 0.2) is 24.4 Å². The van der Waals surface area contributed by atoms with Crippen LogP contribution >= 0.6 is 0 Å². The lowest BCUT2D eigenvalue weighted by atomic mass is 9.76. The maximum Gasteiger partial charge on any atom is 0.230 e. The zero-order chi connectivity index (χ0) is 19.2. The molecule has 2 unspecified atom stereocenters. The summed E-state index contributed by atoms with van der Waals surface area (Å²) in [7, 11) is 1.72. The molecular weight excluding hydrogens is 350 g/mol. The van der Waals surface area contributed by atoms with Gasteiger partial charge in [0, 0.05) is 33.3 Å². The lowest BCUT2D eigenvalue weighted by Gasteiger charge is -2.27. The van der Waals surface area contributed by atoms with Gasteiger partial charge in [-0.05, 0) is 6.07 Å². The number of aromatic amines is 1. The van der Waals surface area contributed by atoms with Gasteiger partial charge in [-0.25, -0.2) is 0 Å². The zero-order valence-electron chi connectivity index (χ0n) is 15.3. The number of hydrogen-bond donors (Lipinski definition) is 2. The van der Waals surface area contributed by atoms with Crippen LogP contribution in [0.2, 0.25) is 0 Å². The van der Waals surface area contributed by atoms with Gasteiger partial charge < -0.3 is 19.9 Å². The Bertz CT molecular complexity index is 792. The van der Waals surface area contributed by atoms with Crippen LogP contribution in [0.1, 0.15) is 12.6 Å². The van der Waals surface area contributed by atoms with Gasteiger partial charge in [-0.2, -0.15) is 5.10 Å². The van der Waals surface area contributed by atoms with Crippen LogP contribution in [0.4, 0.5) is 0 Å². The predicted molar refractivity (Wildman–Crippen MR) is 94.0 cm³/mol. The molecule has 2 fully saturated rings. The lowest BCUT2D eigenvalue weighted by molar-refractivity contribution is -0.142. The number of rotatable bonds is 6. The number of H-pyrrole nitrogens is 1. The van der Waals surface area contributed by atoms with E-state index in [-0.39, 0.29) is 23.8 Å². The minimum absolute atomic E-state index is 0.0829. The Labute approximate surface area is 156 Å². The molecule has 4 rings (SSSR count). The second kappa shape index (κ2) is 6.49. The Morgan fingerprint density at radius 1 is 1.52 bits per heavy atom. The fraction of sp³-hybridized carbons (Fsp3) is 0.556. The largest absolute Gasteiger partial charge is 0.360 e. The molecule has 1 aromatic heterocycles. The van der Waals surface area contributed by atoms with E-state index in [1.807, 2.05) is 18.2 Å². The van der Waals surface area contributed by atoms with E-state index in [4.69, 9.17) is 4.74 Å². The third-order valence-electron chi connectivity index (χ3n) is 5.56. The van der Waals surface area contributed by atoms with E-state index < -0.39 is 17.4 Å². The van der Waals surface area contributed by atoms with Crippen molar-refractivity contribution >= 4 is 17.7 Å². The van der Waals surface area contributed by atoms with Crippen molar-refractivity contribution < 1.29 is 19.1 Å². The highest BCUT2D eigenvalue weighted by molar-refractivity contribution is 5.93. The van der Waals surface area contributed by atoms with Crippen molar-refractivity contribution in [2.24, 2.45) is 11.8 Å². The Hall–Kier alpha value is -2.68. The van der Waals surface area contributed by atoms with E-state index in [0.29, 0.717) is 26.2 Å². The summed E-state index contributed by atoms with van der Waals surface area (Å²) in [5, 5.41) is 9.44. The number of hydrogen-bond acceptors (Lipinski definition) is 5. The first-order chi connectivity index (χ1) is 12.9. The van der Waals surface area contributed by atoms with Crippen LogP contribution in [0.5, 0.6) is 0 Å². The van der Waals surface area contributed by atoms with Crippen molar-refractivity contribution in [1.29, 1.82) is 0 Å². The average Bonchev–Trinajstić information content (AvgIpc) is 3.37. The summed E-state index contributed by atoms with van der Waals surface area (Å²) in [6, 6.07) is 1.81. The number of fused-ring (bicyclic) bond motifs is 1. The number of amides is 3. The Morgan fingerprint density at radius 3 is 3.04 bits per heavy atom. The number of likely N-dealkylation sites (tertiary alicyclic amines) is 1. The average molecular weight is 373 g/mol. The van der Waals surface area contributed by atoms with Gasteiger partial charge in [-0.3, -0.25) is 19.5 Å². The molecule has 3 aliphatic rings. The summed E-state index contributed by atoms with van der Waals surface area (Å²) in [6.07, 6.45) is 5.10. The van der Waals surface area contributed by atoms with Crippen molar-refractivity contribution in [1.82, 2.24) is 25.3 Å². The molecule has 9 nitrogen and oxygen atoms in total. The number of aromatic nitrogens is 2. The van der Waals surface area contributed by atoms with Crippen molar-refractivity contribution in [3.8, 4) is 0 Å². The van der Waals surface area contributed by atoms with E-state index in [1.165, 1.54) is 6.92 Å². The highest BCUT2D eigenvalue weighted by Crippen LogP contribution is 2.52. The molecule has 0 aliphatic carbocycles. The van der Waals surface area contributed by atoms with Gasteiger partial charge in [-0.15, -0.1) is 0 Å². The molecule has 0 aromatic carbocycles. The zero-order valence-corrected chi connectivity index (χ0v) is 15.3. The molecule has 0 saturated carbocycles. The summed E-state index contributed by atoms with van der Waals surface area (Å²) in [4.78, 5) is 40.5. The first-order valence-corrected chi connectivity index (χ1v) is 9.05. The number of carbonyl (C=O) groups excluding carboxylic acids is 3. The quantitative estimate of drug-likeness (QED) is 0.641. The van der Waals surface area contributed by atoms with Gasteiger partial charge in [-0.1, -0.05) is 12.2 Å². The summed E-state index contributed by atoms with van der Waals surface area (Å²) in [5.74, 6) is -1.36. The van der Waals surface area contributed by atoms with Crippen LogP contribution in [0.25, 0.3) is 0 Å². The van der Waals surface area contributed by atoms with Gasteiger partial charge in [0.15, 0.2) is 0 Å². The molecule has 2 bridgehead atoms. The first-order valence-electron chi connectivity index (χ1n) is 9.05. The highest BCUT2D eigenvalue weighted by Gasteiger charge is 2.66. The van der Waals surface area contributed by atoms with E-state index >= 15 is 0 Å². The number of ether oxygens (including phenoxy) is 1. The first kappa shape index (κ1) is 17.7. The Balaban J connectivity index is 1.48. The molecule has 144 valence electrons. The molecule has 9 heteroatoms.